The number of carbonyl (C=O) groups is 1. The topological polar surface area (TPSA) is 37.3 Å². The van der Waals surface area contributed by atoms with E-state index in [1.54, 1.807) is 0 Å². The van der Waals surface area contributed by atoms with Gasteiger partial charge in [-0.3, -0.25) is 4.79 Å². The minimum absolute atomic E-state index is 0.149. The summed E-state index contributed by atoms with van der Waals surface area (Å²) in [4.78, 5) is 10.5. The molecule has 0 radical (unpaired) electrons. The summed E-state index contributed by atoms with van der Waals surface area (Å²) in [6.07, 6.45) is 2.48. The minimum atomic E-state index is -0.665. The van der Waals surface area contributed by atoms with Crippen LogP contribution in [0.2, 0.25) is 0 Å². The maximum absolute atomic E-state index is 10.5. The van der Waals surface area contributed by atoms with E-state index in [4.69, 9.17) is 5.11 Å². The van der Waals surface area contributed by atoms with Crippen molar-refractivity contribution in [3.05, 3.63) is 0 Å². The molecule has 1 atom stereocenters. The highest BCUT2D eigenvalue weighted by molar-refractivity contribution is 9.09. The Morgan fingerprint density at radius 2 is 2.20 bits per heavy atom. The first kappa shape index (κ1) is 9.95. The molecule has 1 unspecified atom stereocenters. The van der Waals surface area contributed by atoms with Gasteiger partial charge in [0.05, 0.1) is 5.92 Å². The van der Waals surface area contributed by atoms with Crippen LogP contribution in [0, 0.1) is 5.92 Å². The lowest BCUT2D eigenvalue weighted by atomic mass is 10.0. The van der Waals surface area contributed by atoms with E-state index in [-0.39, 0.29) is 5.92 Å². The van der Waals surface area contributed by atoms with Gasteiger partial charge in [0.1, 0.15) is 0 Å². The third-order valence-corrected chi connectivity index (χ3v) is 1.90. The molecule has 0 bridgehead atoms. The third-order valence-electron chi connectivity index (χ3n) is 1.44. The Hall–Kier alpha value is -0.0500. The zero-order valence-electron chi connectivity index (χ0n) is 6.14. The molecule has 0 aromatic rings. The second kappa shape index (κ2) is 5.71. The number of halogens is 1. The smallest absolute Gasteiger partial charge is 0.306 e. The average Bonchev–Trinajstić information content (AvgIpc) is 1.87. The second-order valence-corrected chi connectivity index (χ2v) is 3.09. The van der Waals surface area contributed by atoms with Gasteiger partial charge >= 0.3 is 5.97 Å². The van der Waals surface area contributed by atoms with Gasteiger partial charge in [-0.05, 0) is 12.8 Å². The van der Waals surface area contributed by atoms with Crippen molar-refractivity contribution < 1.29 is 9.90 Å². The summed E-state index contributed by atoms with van der Waals surface area (Å²) in [5.41, 5.74) is 0. The van der Waals surface area contributed by atoms with E-state index < -0.39 is 5.97 Å². The van der Waals surface area contributed by atoms with Crippen molar-refractivity contribution in [2.45, 2.75) is 26.2 Å². The van der Waals surface area contributed by atoms with Crippen LogP contribution in [0.1, 0.15) is 26.2 Å². The largest absolute Gasteiger partial charge is 0.481 e. The molecular weight excluding hydrogens is 196 g/mol. The van der Waals surface area contributed by atoms with Crippen molar-refractivity contribution in [2.75, 3.05) is 5.33 Å². The molecule has 3 heteroatoms. The van der Waals surface area contributed by atoms with Gasteiger partial charge in [-0.25, -0.2) is 0 Å². The van der Waals surface area contributed by atoms with Crippen LogP contribution in [0.5, 0.6) is 0 Å². The van der Waals surface area contributed by atoms with Gasteiger partial charge < -0.3 is 5.11 Å². The van der Waals surface area contributed by atoms with Gasteiger partial charge in [0, 0.05) is 5.33 Å². The summed E-state index contributed by atoms with van der Waals surface area (Å²) in [5, 5.41) is 9.40. The molecule has 2 nitrogen and oxygen atoms in total. The van der Waals surface area contributed by atoms with Gasteiger partial charge in [0.25, 0.3) is 0 Å². The van der Waals surface area contributed by atoms with E-state index in [0.717, 1.165) is 24.6 Å². The monoisotopic (exact) mass is 208 g/mol. The summed E-state index contributed by atoms with van der Waals surface area (Å²) in [6, 6.07) is 0. The number of hydrogen-bond acceptors (Lipinski definition) is 1. The number of hydrogen-bond donors (Lipinski definition) is 1. The number of alkyl halides is 1. The van der Waals surface area contributed by atoms with Crippen molar-refractivity contribution in [1.29, 1.82) is 0 Å². The first-order valence-corrected chi connectivity index (χ1v) is 4.63. The van der Waals surface area contributed by atoms with Crippen LogP contribution < -0.4 is 0 Å². The van der Waals surface area contributed by atoms with Crippen LogP contribution in [0.4, 0.5) is 0 Å². The predicted octanol–water partition coefficient (Wildman–Crippen LogP) is 2.27. The van der Waals surface area contributed by atoms with E-state index in [1.807, 2.05) is 6.92 Å². The molecule has 0 saturated heterocycles. The molecule has 0 spiro atoms. The van der Waals surface area contributed by atoms with Crippen LogP contribution in [-0.4, -0.2) is 16.4 Å². The van der Waals surface area contributed by atoms with Crippen LogP contribution in [0.15, 0.2) is 0 Å². The van der Waals surface area contributed by atoms with E-state index in [2.05, 4.69) is 15.9 Å². The first-order valence-electron chi connectivity index (χ1n) is 3.51. The number of carboxylic acids is 1. The predicted molar refractivity (Wildman–Crippen MR) is 44.4 cm³/mol. The van der Waals surface area contributed by atoms with Crippen molar-refractivity contribution in [3.8, 4) is 0 Å². The molecule has 0 heterocycles. The zero-order valence-corrected chi connectivity index (χ0v) is 7.73. The van der Waals surface area contributed by atoms with Crippen LogP contribution in [-0.2, 0) is 4.79 Å². The highest BCUT2D eigenvalue weighted by Crippen LogP contribution is 2.12. The molecule has 0 aliphatic rings. The zero-order chi connectivity index (χ0) is 7.98. The van der Waals surface area contributed by atoms with E-state index in [9.17, 15) is 4.79 Å². The highest BCUT2D eigenvalue weighted by Gasteiger charge is 2.14. The number of carboxylic acid groups (broad SMARTS) is 1. The highest BCUT2D eigenvalue weighted by atomic mass is 79.9. The van der Waals surface area contributed by atoms with Gasteiger partial charge in [-0.1, -0.05) is 29.3 Å². The molecule has 0 aliphatic heterocycles. The van der Waals surface area contributed by atoms with Gasteiger partial charge in [-0.2, -0.15) is 0 Å². The Balaban J connectivity index is 3.61. The molecule has 0 rings (SSSR count). The van der Waals surface area contributed by atoms with Crippen molar-refractivity contribution in [1.82, 2.24) is 0 Å². The number of aliphatic carboxylic acids is 1. The Kier molecular flexibility index (Phi) is 5.69. The number of rotatable bonds is 5. The molecule has 0 saturated carbocycles. The van der Waals surface area contributed by atoms with E-state index in [1.165, 1.54) is 0 Å². The Bertz CT molecular complexity index is 97.8. The molecule has 10 heavy (non-hydrogen) atoms. The maximum atomic E-state index is 10.5. The van der Waals surface area contributed by atoms with Crippen LogP contribution in [0.25, 0.3) is 0 Å². The van der Waals surface area contributed by atoms with Gasteiger partial charge in [0.2, 0.25) is 0 Å². The molecular formula is C7H13BrO2. The van der Waals surface area contributed by atoms with Crippen LogP contribution in [0.3, 0.4) is 0 Å². The van der Waals surface area contributed by atoms with E-state index in [0.29, 0.717) is 0 Å². The lowest BCUT2D eigenvalue weighted by Gasteiger charge is -2.07. The van der Waals surface area contributed by atoms with Crippen molar-refractivity contribution in [3.63, 3.8) is 0 Å². The quantitative estimate of drug-likeness (QED) is 0.705. The van der Waals surface area contributed by atoms with Crippen molar-refractivity contribution in [2.24, 2.45) is 5.92 Å². The van der Waals surface area contributed by atoms with Gasteiger partial charge in [-0.15, -0.1) is 0 Å². The van der Waals surface area contributed by atoms with Crippen LogP contribution >= 0.6 is 15.9 Å². The molecule has 0 aromatic heterocycles. The molecule has 1 N–H and O–H groups in total. The second-order valence-electron chi connectivity index (χ2n) is 2.30. The normalized spacial score (nSPS) is 13.0. The maximum Gasteiger partial charge on any atom is 0.306 e. The summed E-state index contributed by atoms with van der Waals surface area (Å²) < 4.78 is 0. The third kappa shape index (κ3) is 3.88. The molecule has 0 amide bonds. The minimum Gasteiger partial charge on any atom is -0.481 e. The van der Waals surface area contributed by atoms with Crippen molar-refractivity contribution >= 4 is 21.9 Å². The molecule has 0 fully saturated rings. The van der Waals surface area contributed by atoms with Gasteiger partial charge in [0.15, 0.2) is 0 Å². The standard InChI is InChI=1S/C7H13BrO2/c1-2-3-6(4-5-8)7(9)10/h6H,2-5H2,1H3,(H,9,10). The average molecular weight is 209 g/mol. The SMILES string of the molecule is CCCC(CCBr)C(=O)O. The lowest BCUT2D eigenvalue weighted by Crippen LogP contribution is -2.13. The Labute approximate surface area is 69.8 Å². The summed E-state index contributed by atoms with van der Waals surface area (Å²) in [6.45, 7) is 2.00. The van der Waals surface area contributed by atoms with E-state index >= 15 is 0 Å². The fraction of sp³-hybridized carbons (Fsp3) is 0.857. The summed E-state index contributed by atoms with van der Waals surface area (Å²) in [7, 11) is 0. The summed E-state index contributed by atoms with van der Waals surface area (Å²) >= 11 is 3.22. The molecule has 0 aromatic carbocycles. The lowest BCUT2D eigenvalue weighted by molar-refractivity contribution is -0.142. The summed E-state index contributed by atoms with van der Waals surface area (Å²) in [5.74, 6) is -0.814. The fourth-order valence-electron chi connectivity index (χ4n) is 0.871. The molecule has 60 valence electrons. The fourth-order valence-corrected chi connectivity index (χ4v) is 1.42. The Morgan fingerprint density at radius 3 is 2.50 bits per heavy atom. The Morgan fingerprint density at radius 1 is 1.60 bits per heavy atom. The first-order chi connectivity index (χ1) is 4.72. The molecule has 0 aliphatic carbocycles.